The summed E-state index contributed by atoms with van der Waals surface area (Å²) >= 11 is 0. The van der Waals surface area contributed by atoms with Crippen LogP contribution in [0.5, 0.6) is 0 Å². The van der Waals surface area contributed by atoms with Crippen LogP contribution in [0.15, 0.2) is 224 Å². The molecule has 0 atom stereocenters. The Morgan fingerprint density at radius 1 is 0.318 bits per heavy atom. The van der Waals surface area contributed by atoms with Crippen molar-refractivity contribution < 1.29 is 0 Å². The van der Waals surface area contributed by atoms with Gasteiger partial charge in [0.15, 0.2) is 0 Å². The molecule has 0 aliphatic heterocycles. The van der Waals surface area contributed by atoms with E-state index in [2.05, 4.69) is 254 Å². The molecule has 2 nitrogen and oxygen atoms in total. The van der Waals surface area contributed by atoms with Gasteiger partial charge >= 0.3 is 0 Å². The van der Waals surface area contributed by atoms with Crippen LogP contribution in [0.1, 0.15) is 27.8 Å². The molecule has 12 aromatic rings. The van der Waals surface area contributed by atoms with Gasteiger partial charge in [-0.1, -0.05) is 170 Å². The lowest BCUT2D eigenvalue weighted by molar-refractivity contribution is 1.13. The lowest BCUT2D eigenvalue weighted by Crippen LogP contribution is -2.01. The van der Waals surface area contributed by atoms with Crippen molar-refractivity contribution >= 4 is 43.6 Å². The fraction of sp³-hybridized carbons (Fsp3) is 0.0625. The molecule has 314 valence electrons. The number of hydrogen-bond donors (Lipinski definition) is 0. The van der Waals surface area contributed by atoms with Crippen molar-refractivity contribution in [2.75, 3.05) is 0 Å². The summed E-state index contributed by atoms with van der Waals surface area (Å²) in [4.78, 5) is 0. The number of aryl methyl sites for hydroxylation is 3. The Kier molecular flexibility index (Phi) is 9.61. The highest BCUT2D eigenvalue weighted by Gasteiger charge is 2.22. The average molecular weight is 845 g/mol. The smallest absolute Gasteiger partial charge is 0.0582 e. The number of fused-ring (bicyclic) bond motifs is 6. The van der Waals surface area contributed by atoms with Crippen LogP contribution in [0.25, 0.3) is 99.5 Å². The van der Waals surface area contributed by atoms with Crippen molar-refractivity contribution in [3.63, 3.8) is 0 Å². The van der Waals surface area contributed by atoms with E-state index in [-0.39, 0.29) is 0 Å². The highest BCUT2D eigenvalue weighted by Crippen LogP contribution is 2.43. The van der Waals surface area contributed by atoms with E-state index in [0.717, 1.165) is 6.42 Å². The molecule has 0 saturated carbocycles. The minimum Gasteiger partial charge on any atom is -0.309 e. The van der Waals surface area contributed by atoms with E-state index >= 15 is 0 Å². The average Bonchev–Trinajstić information content (AvgIpc) is 3.89. The quantitative estimate of drug-likeness (QED) is 0.144. The Hall–Kier alpha value is -8.20. The molecule has 0 aliphatic carbocycles. The second kappa shape index (κ2) is 16.1. The van der Waals surface area contributed by atoms with Gasteiger partial charge in [-0.05, 0) is 148 Å². The van der Waals surface area contributed by atoms with E-state index < -0.39 is 0 Å². The van der Waals surface area contributed by atoms with Gasteiger partial charge in [0.2, 0.25) is 0 Å². The molecule has 2 heteroatoms. The molecule has 2 aromatic heterocycles. The van der Waals surface area contributed by atoms with Crippen LogP contribution in [-0.4, -0.2) is 9.13 Å². The van der Waals surface area contributed by atoms with Crippen molar-refractivity contribution in [1.29, 1.82) is 0 Å². The standard InChI is InChI=1S/C64H48N2/c1-42-18-13-14-27-52(42)53-33-35-57-59-41-49(32-37-62(59)65(63(57)44(53)3)50-23-9-5-10-24-50)47-22-17-21-46(39-47)48-31-30-43(2)58(40-48)54-34-36-56-55-28-15-16-29-61(55)66(51-25-11-6-12-26-51)64(56)60(54)38-45-19-7-4-8-20-45/h4-37,39-41H,38H2,1-3H3. The van der Waals surface area contributed by atoms with Gasteiger partial charge in [0.05, 0.1) is 22.1 Å². The number of aromatic nitrogens is 2. The van der Waals surface area contributed by atoms with Crippen molar-refractivity contribution in [1.82, 2.24) is 9.13 Å². The van der Waals surface area contributed by atoms with Crippen LogP contribution >= 0.6 is 0 Å². The third kappa shape index (κ3) is 6.56. The highest BCUT2D eigenvalue weighted by molar-refractivity contribution is 6.14. The summed E-state index contributed by atoms with van der Waals surface area (Å²) < 4.78 is 4.94. The van der Waals surface area contributed by atoms with Gasteiger partial charge in [-0.2, -0.15) is 0 Å². The summed E-state index contributed by atoms with van der Waals surface area (Å²) in [5.74, 6) is 0. The van der Waals surface area contributed by atoms with E-state index in [1.165, 1.54) is 127 Å². The normalized spacial score (nSPS) is 11.6. The molecule has 0 saturated heterocycles. The topological polar surface area (TPSA) is 9.86 Å². The van der Waals surface area contributed by atoms with Gasteiger partial charge in [-0.25, -0.2) is 0 Å². The Labute approximate surface area is 386 Å². The molecule has 0 bridgehead atoms. The highest BCUT2D eigenvalue weighted by atomic mass is 15.0. The zero-order valence-corrected chi connectivity index (χ0v) is 37.5. The number of rotatable bonds is 8. The molecule has 66 heavy (non-hydrogen) atoms. The number of hydrogen-bond acceptors (Lipinski definition) is 0. The van der Waals surface area contributed by atoms with E-state index in [9.17, 15) is 0 Å². The first kappa shape index (κ1) is 39.4. The van der Waals surface area contributed by atoms with E-state index in [1.54, 1.807) is 0 Å². The molecule has 0 aliphatic rings. The molecule has 0 unspecified atom stereocenters. The van der Waals surface area contributed by atoms with E-state index in [0.29, 0.717) is 0 Å². The van der Waals surface area contributed by atoms with E-state index in [4.69, 9.17) is 0 Å². The summed E-state index contributed by atoms with van der Waals surface area (Å²) in [5, 5.41) is 5.06. The number of benzene rings is 10. The lowest BCUT2D eigenvalue weighted by atomic mass is 9.88. The molecule has 0 N–H and O–H groups in total. The first-order valence-electron chi connectivity index (χ1n) is 23.1. The molecule has 12 rings (SSSR count). The molecule has 10 aromatic carbocycles. The van der Waals surface area contributed by atoms with Gasteiger partial charge < -0.3 is 9.13 Å². The second-order valence-corrected chi connectivity index (χ2v) is 17.8. The van der Waals surface area contributed by atoms with Crippen molar-refractivity contribution in [2.45, 2.75) is 27.2 Å². The van der Waals surface area contributed by atoms with Crippen LogP contribution in [-0.2, 0) is 6.42 Å². The molecule has 0 amide bonds. The van der Waals surface area contributed by atoms with Crippen LogP contribution in [0.3, 0.4) is 0 Å². The van der Waals surface area contributed by atoms with Crippen LogP contribution in [0.4, 0.5) is 0 Å². The summed E-state index contributed by atoms with van der Waals surface area (Å²) in [6.07, 6.45) is 0.811. The Morgan fingerprint density at radius 2 is 0.864 bits per heavy atom. The number of para-hydroxylation sites is 3. The Morgan fingerprint density at radius 3 is 1.59 bits per heavy atom. The van der Waals surface area contributed by atoms with Crippen molar-refractivity contribution in [3.05, 3.63) is 252 Å². The Bertz CT molecular complexity index is 3800. The number of nitrogens with zero attached hydrogens (tertiary/aromatic N) is 2. The second-order valence-electron chi connectivity index (χ2n) is 17.8. The van der Waals surface area contributed by atoms with Gasteiger partial charge in [0.1, 0.15) is 0 Å². The van der Waals surface area contributed by atoms with Gasteiger partial charge in [-0.3, -0.25) is 0 Å². The predicted octanol–water partition coefficient (Wildman–Crippen LogP) is 17.1. The molecule has 2 heterocycles. The van der Waals surface area contributed by atoms with Crippen LogP contribution < -0.4 is 0 Å². The largest absolute Gasteiger partial charge is 0.309 e. The Balaban J connectivity index is 1.00. The molecule has 0 fully saturated rings. The predicted molar refractivity (Wildman–Crippen MR) is 280 cm³/mol. The maximum absolute atomic E-state index is 2.48. The lowest BCUT2D eigenvalue weighted by Gasteiger charge is -2.18. The SMILES string of the molecule is Cc1ccccc1-c1ccc2c3cc(-c4cccc(-c5ccc(C)c(-c6ccc7c8ccccc8n(-c8ccccc8)c7c6Cc6ccccc6)c5)c4)ccc3n(-c3ccccc3)c2c1C. The fourth-order valence-corrected chi connectivity index (χ4v) is 10.6. The summed E-state index contributed by atoms with van der Waals surface area (Å²) in [5.41, 5.74) is 23.6. The minimum absolute atomic E-state index is 0.811. The van der Waals surface area contributed by atoms with E-state index in [1.807, 2.05) is 0 Å². The molecular weight excluding hydrogens is 797 g/mol. The molecular formula is C64H48N2. The van der Waals surface area contributed by atoms with Gasteiger partial charge in [-0.15, -0.1) is 0 Å². The van der Waals surface area contributed by atoms with Crippen LogP contribution in [0, 0.1) is 20.8 Å². The third-order valence-corrected chi connectivity index (χ3v) is 13.9. The summed E-state index contributed by atoms with van der Waals surface area (Å²) in [6.45, 7) is 6.75. The van der Waals surface area contributed by atoms with Crippen molar-refractivity contribution in [3.8, 4) is 55.9 Å². The maximum Gasteiger partial charge on any atom is 0.0582 e. The van der Waals surface area contributed by atoms with Gasteiger partial charge in [0, 0.05) is 39.3 Å². The summed E-state index contributed by atoms with van der Waals surface area (Å²) in [7, 11) is 0. The first-order valence-corrected chi connectivity index (χ1v) is 23.1. The summed E-state index contributed by atoms with van der Waals surface area (Å²) in [6, 6.07) is 82.7. The third-order valence-electron chi connectivity index (χ3n) is 13.9. The maximum atomic E-state index is 2.48. The molecule has 0 spiro atoms. The van der Waals surface area contributed by atoms with Crippen LogP contribution in [0.2, 0.25) is 0 Å². The fourth-order valence-electron chi connectivity index (χ4n) is 10.6. The minimum atomic E-state index is 0.811. The van der Waals surface area contributed by atoms with Gasteiger partial charge in [0.25, 0.3) is 0 Å². The zero-order valence-electron chi connectivity index (χ0n) is 37.5. The monoisotopic (exact) mass is 844 g/mol. The zero-order chi connectivity index (χ0) is 44.3. The van der Waals surface area contributed by atoms with Crippen molar-refractivity contribution in [2.24, 2.45) is 0 Å². The molecule has 0 radical (unpaired) electrons. The first-order chi connectivity index (χ1) is 32.5.